The molecule has 1 aliphatic rings. The van der Waals surface area contributed by atoms with Gasteiger partial charge in [-0.25, -0.2) is 0 Å². The van der Waals surface area contributed by atoms with Gasteiger partial charge in [-0.15, -0.1) is 0 Å². The van der Waals surface area contributed by atoms with Crippen LogP contribution in [0.25, 0.3) is 0 Å². The van der Waals surface area contributed by atoms with Gasteiger partial charge in [-0.3, -0.25) is 9.69 Å². The zero-order valence-corrected chi connectivity index (χ0v) is 13.0. The van der Waals surface area contributed by atoms with Gasteiger partial charge in [0.25, 0.3) is 0 Å². The predicted octanol–water partition coefficient (Wildman–Crippen LogP) is 2.92. The van der Waals surface area contributed by atoms with Crippen LogP contribution in [-0.4, -0.2) is 23.9 Å². The summed E-state index contributed by atoms with van der Waals surface area (Å²) in [6, 6.07) is 20.8. The van der Waals surface area contributed by atoms with E-state index in [1.165, 1.54) is 11.1 Å². The normalized spacial score (nSPS) is 21.7. The average molecular weight is 294 g/mol. The number of rotatable bonds is 4. The summed E-state index contributed by atoms with van der Waals surface area (Å²) < 4.78 is 0. The SMILES string of the molecule is CC(=O)NC1(c2ccccc2)CCN(Cc2ccccc2)C1. The molecule has 22 heavy (non-hydrogen) atoms. The molecular weight excluding hydrogens is 272 g/mol. The zero-order chi connectivity index (χ0) is 15.4. The maximum absolute atomic E-state index is 11.7. The largest absolute Gasteiger partial charge is 0.345 e. The van der Waals surface area contributed by atoms with Crippen molar-refractivity contribution in [3.63, 3.8) is 0 Å². The Bertz CT molecular complexity index is 626. The molecular formula is C19H22N2O. The molecule has 3 nitrogen and oxygen atoms in total. The highest BCUT2D eigenvalue weighted by Gasteiger charge is 2.40. The fourth-order valence-corrected chi connectivity index (χ4v) is 3.37. The molecule has 1 saturated heterocycles. The number of carbonyl (C=O) groups is 1. The summed E-state index contributed by atoms with van der Waals surface area (Å²) in [4.78, 5) is 14.1. The van der Waals surface area contributed by atoms with Crippen LogP contribution in [0.2, 0.25) is 0 Å². The van der Waals surface area contributed by atoms with Crippen LogP contribution < -0.4 is 5.32 Å². The highest BCUT2D eigenvalue weighted by atomic mass is 16.1. The molecule has 1 unspecified atom stereocenters. The molecule has 1 amide bonds. The van der Waals surface area contributed by atoms with Gasteiger partial charge in [0.05, 0.1) is 5.54 Å². The van der Waals surface area contributed by atoms with Crippen LogP contribution in [0.15, 0.2) is 60.7 Å². The minimum atomic E-state index is -0.262. The van der Waals surface area contributed by atoms with E-state index in [4.69, 9.17) is 0 Å². The molecule has 0 aromatic heterocycles. The number of nitrogens with zero attached hydrogens (tertiary/aromatic N) is 1. The predicted molar refractivity (Wildman–Crippen MR) is 88.3 cm³/mol. The molecule has 114 valence electrons. The fraction of sp³-hybridized carbons (Fsp3) is 0.316. The van der Waals surface area contributed by atoms with E-state index < -0.39 is 0 Å². The van der Waals surface area contributed by atoms with Crippen molar-refractivity contribution in [2.45, 2.75) is 25.4 Å². The number of carbonyl (C=O) groups excluding carboxylic acids is 1. The number of benzene rings is 2. The van der Waals surface area contributed by atoms with Gasteiger partial charge >= 0.3 is 0 Å². The van der Waals surface area contributed by atoms with Crippen LogP contribution in [0.5, 0.6) is 0 Å². The molecule has 3 heteroatoms. The number of nitrogens with one attached hydrogen (secondary N) is 1. The van der Waals surface area contributed by atoms with Gasteiger partial charge < -0.3 is 5.32 Å². The number of likely N-dealkylation sites (tertiary alicyclic amines) is 1. The van der Waals surface area contributed by atoms with Gasteiger partial charge in [0.1, 0.15) is 0 Å². The third-order valence-corrected chi connectivity index (χ3v) is 4.34. The van der Waals surface area contributed by atoms with Crippen LogP contribution >= 0.6 is 0 Å². The first-order valence-electron chi connectivity index (χ1n) is 7.78. The molecule has 0 aliphatic carbocycles. The van der Waals surface area contributed by atoms with Crippen LogP contribution in [0.1, 0.15) is 24.5 Å². The van der Waals surface area contributed by atoms with Crippen LogP contribution in [0, 0.1) is 0 Å². The monoisotopic (exact) mass is 294 g/mol. The van der Waals surface area contributed by atoms with Crippen LogP contribution in [-0.2, 0) is 16.9 Å². The van der Waals surface area contributed by atoms with Gasteiger partial charge in [0, 0.05) is 26.6 Å². The molecule has 1 fully saturated rings. The quantitative estimate of drug-likeness (QED) is 0.940. The average Bonchev–Trinajstić information content (AvgIpc) is 2.92. The maximum Gasteiger partial charge on any atom is 0.217 e. The molecule has 1 aliphatic heterocycles. The summed E-state index contributed by atoms with van der Waals surface area (Å²) in [6.07, 6.45) is 0.948. The van der Waals surface area contributed by atoms with Crippen molar-refractivity contribution in [1.29, 1.82) is 0 Å². The van der Waals surface area contributed by atoms with E-state index in [0.717, 1.165) is 26.1 Å². The number of hydrogen-bond acceptors (Lipinski definition) is 2. The van der Waals surface area contributed by atoms with Crippen LogP contribution in [0.4, 0.5) is 0 Å². The molecule has 1 N–H and O–H groups in total. The molecule has 2 aromatic rings. The smallest absolute Gasteiger partial charge is 0.217 e. The zero-order valence-electron chi connectivity index (χ0n) is 13.0. The van der Waals surface area contributed by atoms with Crippen molar-refractivity contribution in [2.24, 2.45) is 0 Å². The lowest BCUT2D eigenvalue weighted by atomic mass is 9.89. The maximum atomic E-state index is 11.7. The number of amides is 1. The molecule has 1 heterocycles. The minimum absolute atomic E-state index is 0.0328. The second-order valence-corrected chi connectivity index (χ2v) is 6.08. The first kappa shape index (κ1) is 14.8. The summed E-state index contributed by atoms with van der Waals surface area (Å²) in [7, 11) is 0. The Balaban J connectivity index is 1.79. The molecule has 0 saturated carbocycles. The Hall–Kier alpha value is -2.13. The minimum Gasteiger partial charge on any atom is -0.345 e. The summed E-state index contributed by atoms with van der Waals surface area (Å²) >= 11 is 0. The van der Waals surface area contributed by atoms with Crippen molar-refractivity contribution in [2.75, 3.05) is 13.1 Å². The van der Waals surface area contributed by atoms with Gasteiger partial charge in [0.15, 0.2) is 0 Å². The van der Waals surface area contributed by atoms with Gasteiger partial charge in [-0.2, -0.15) is 0 Å². The second kappa shape index (κ2) is 6.32. The van der Waals surface area contributed by atoms with E-state index in [1.54, 1.807) is 6.92 Å². The van der Waals surface area contributed by atoms with E-state index >= 15 is 0 Å². The van der Waals surface area contributed by atoms with Gasteiger partial charge in [0.2, 0.25) is 5.91 Å². The first-order chi connectivity index (χ1) is 10.7. The molecule has 2 aromatic carbocycles. The number of hydrogen-bond donors (Lipinski definition) is 1. The summed E-state index contributed by atoms with van der Waals surface area (Å²) in [5, 5.41) is 3.21. The Kier molecular flexibility index (Phi) is 4.25. The Labute approximate surface area is 132 Å². The van der Waals surface area contributed by atoms with E-state index in [-0.39, 0.29) is 11.4 Å². The van der Waals surface area contributed by atoms with Crippen molar-refractivity contribution >= 4 is 5.91 Å². The molecule has 0 radical (unpaired) electrons. The van der Waals surface area contributed by atoms with E-state index in [1.807, 2.05) is 24.3 Å². The second-order valence-electron chi connectivity index (χ2n) is 6.08. The summed E-state index contributed by atoms with van der Waals surface area (Å²) in [5.41, 5.74) is 2.25. The molecule has 1 atom stereocenters. The third kappa shape index (κ3) is 3.20. The summed E-state index contributed by atoms with van der Waals surface area (Å²) in [6.45, 7) is 4.37. The Morgan fingerprint density at radius 3 is 2.36 bits per heavy atom. The summed E-state index contributed by atoms with van der Waals surface area (Å²) in [5.74, 6) is 0.0328. The van der Waals surface area contributed by atoms with Crippen molar-refractivity contribution in [3.8, 4) is 0 Å². The standard InChI is InChI=1S/C19H22N2O/c1-16(22)20-19(18-10-6-3-7-11-18)12-13-21(15-19)14-17-8-4-2-5-9-17/h2-11H,12-15H2,1H3,(H,20,22). The van der Waals surface area contributed by atoms with Gasteiger partial charge in [-0.1, -0.05) is 60.7 Å². The Morgan fingerprint density at radius 2 is 1.73 bits per heavy atom. The van der Waals surface area contributed by atoms with E-state index in [9.17, 15) is 4.79 Å². The van der Waals surface area contributed by atoms with Crippen molar-refractivity contribution in [3.05, 3.63) is 71.8 Å². The molecule has 0 bridgehead atoms. The highest BCUT2D eigenvalue weighted by Crippen LogP contribution is 2.32. The lowest BCUT2D eigenvalue weighted by Crippen LogP contribution is -2.47. The lowest BCUT2D eigenvalue weighted by Gasteiger charge is -2.31. The fourth-order valence-electron chi connectivity index (χ4n) is 3.37. The van der Waals surface area contributed by atoms with Gasteiger partial charge in [-0.05, 0) is 17.5 Å². The van der Waals surface area contributed by atoms with Crippen molar-refractivity contribution < 1.29 is 4.79 Å². The highest BCUT2D eigenvalue weighted by molar-refractivity contribution is 5.74. The van der Waals surface area contributed by atoms with E-state index in [2.05, 4.69) is 46.6 Å². The topological polar surface area (TPSA) is 32.3 Å². The van der Waals surface area contributed by atoms with E-state index in [0.29, 0.717) is 0 Å². The Morgan fingerprint density at radius 1 is 1.09 bits per heavy atom. The van der Waals surface area contributed by atoms with Crippen molar-refractivity contribution in [1.82, 2.24) is 10.2 Å². The third-order valence-electron chi connectivity index (χ3n) is 4.34. The lowest BCUT2D eigenvalue weighted by molar-refractivity contribution is -0.120. The first-order valence-corrected chi connectivity index (χ1v) is 7.78. The molecule has 3 rings (SSSR count). The molecule has 0 spiro atoms. The van der Waals surface area contributed by atoms with Crippen LogP contribution in [0.3, 0.4) is 0 Å².